The average Bonchev–Trinajstić information content (AvgIpc) is 2.53. The minimum Gasteiger partial charge on any atom is -0.387 e. The fourth-order valence-electron chi connectivity index (χ4n) is 2.34. The maximum absolute atomic E-state index is 10.2. The van der Waals surface area contributed by atoms with E-state index in [-0.39, 0.29) is 6.10 Å². The van der Waals surface area contributed by atoms with E-state index in [0.717, 1.165) is 22.7 Å². The van der Waals surface area contributed by atoms with Crippen LogP contribution in [0.15, 0.2) is 11.4 Å². The smallest absolute Gasteiger partial charge is 0.0910 e. The minimum absolute atomic E-state index is 0.291. The van der Waals surface area contributed by atoms with Gasteiger partial charge in [0.15, 0.2) is 0 Å². The molecule has 1 N–H and O–H groups in total. The van der Waals surface area contributed by atoms with Crippen LogP contribution in [0.3, 0.4) is 0 Å². The topological polar surface area (TPSA) is 20.2 Å². The molecule has 1 heterocycles. The Morgan fingerprint density at radius 2 is 1.93 bits per heavy atom. The Kier molecular flexibility index (Phi) is 4.06. The third-order valence-electron chi connectivity index (χ3n) is 3.23. The number of aliphatic hydroxyl groups is 1. The van der Waals surface area contributed by atoms with E-state index in [2.05, 4.69) is 0 Å². The normalized spacial score (nSPS) is 21.2. The third-order valence-corrected chi connectivity index (χ3v) is 4.58. The van der Waals surface area contributed by atoms with Gasteiger partial charge in [-0.25, -0.2) is 0 Å². The minimum atomic E-state index is -0.291. The summed E-state index contributed by atoms with van der Waals surface area (Å²) in [6.45, 7) is 0. The van der Waals surface area contributed by atoms with Crippen molar-refractivity contribution in [3.8, 4) is 0 Å². The van der Waals surface area contributed by atoms with Crippen LogP contribution in [-0.4, -0.2) is 5.11 Å². The van der Waals surface area contributed by atoms with Gasteiger partial charge in [-0.15, -0.1) is 11.3 Å². The Morgan fingerprint density at radius 1 is 1.27 bits per heavy atom. The van der Waals surface area contributed by atoms with Gasteiger partial charge in [0.25, 0.3) is 0 Å². The lowest BCUT2D eigenvalue weighted by molar-refractivity contribution is 0.102. The maximum Gasteiger partial charge on any atom is 0.0910 e. The molecule has 0 aliphatic heterocycles. The van der Waals surface area contributed by atoms with Crippen molar-refractivity contribution < 1.29 is 5.11 Å². The third kappa shape index (κ3) is 2.96. The summed E-state index contributed by atoms with van der Waals surface area (Å²) in [5.74, 6) is 0.446. The summed E-state index contributed by atoms with van der Waals surface area (Å²) in [6, 6.07) is 1.90. The molecule has 1 nitrogen and oxygen atoms in total. The Balaban J connectivity index is 2.02. The van der Waals surface area contributed by atoms with Crippen LogP contribution in [0, 0.1) is 5.92 Å². The monoisotopic (exact) mass is 244 g/mol. The van der Waals surface area contributed by atoms with Crippen LogP contribution < -0.4 is 0 Å². The van der Waals surface area contributed by atoms with Crippen LogP contribution in [0.2, 0.25) is 5.02 Å². The first-order chi connectivity index (χ1) is 7.27. The first-order valence-electron chi connectivity index (χ1n) is 5.69. The van der Waals surface area contributed by atoms with E-state index in [9.17, 15) is 5.11 Å². The molecule has 0 amide bonds. The van der Waals surface area contributed by atoms with Crippen LogP contribution in [0.5, 0.6) is 0 Å². The van der Waals surface area contributed by atoms with Gasteiger partial charge >= 0.3 is 0 Å². The van der Waals surface area contributed by atoms with Crippen molar-refractivity contribution in [1.29, 1.82) is 0 Å². The molecule has 0 radical (unpaired) electrons. The van der Waals surface area contributed by atoms with E-state index in [1.807, 2.05) is 11.4 Å². The van der Waals surface area contributed by atoms with Gasteiger partial charge in [-0.1, -0.05) is 37.3 Å². The zero-order valence-electron chi connectivity index (χ0n) is 8.79. The molecule has 1 unspecified atom stereocenters. The zero-order valence-corrected chi connectivity index (χ0v) is 10.4. The van der Waals surface area contributed by atoms with E-state index in [1.54, 1.807) is 11.3 Å². The highest BCUT2D eigenvalue weighted by atomic mass is 35.5. The molecule has 0 saturated heterocycles. The lowest BCUT2D eigenvalue weighted by atomic mass is 9.93. The molecule has 0 aromatic carbocycles. The number of aliphatic hydroxyl groups excluding tert-OH is 1. The second-order valence-corrected chi connectivity index (χ2v) is 5.74. The van der Waals surface area contributed by atoms with Gasteiger partial charge in [-0.2, -0.15) is 0 Å². The summed E-state index contributed by atoms with van der Waals surface area (Å²) < 4.78 is 0. The molecular weight excluding hydrogens is 228 g/mol. The number of hydrogen-bond acceptors (Lipinski definition) is 2. The first kappa shape index (κ1) is 11.4. The quantitative estimate of drug-likeness (QED) is 0.765. The molecule has 1 saturated carbocycles. The van der Waals surface area contributed by atoms with Gasteiger partial charge in [0.1, 0.15) is 0 Å². The molecule has 15 heavy (non-hydrogen) atoms. The van der Waals surface area contributed by atoms with Gasteiger partial charge < -0.3 is 5.11 Å². The van der Waals surface area contributed by atoms with Gasteiger partial charge in [0.05, 0.1) is 11.1 Å². The first-order valence-corrected chi connectivity index (χ1v) is 6.95. The van der Waals surface area contributed by atoms with Crippen LogP contribution in [0.25, 0.3) is 0 Å². The fourth-order valence-corrected chi connectivity index (χ4v) is 3.50. The van der Waals surface area contributed by atoms with E-state index in [4.69, 9.17) is 11.6 Å². The van der Waals surface area contributed by atoms with Gasteiger partial charge in [-0.05, 0) is 24.8 Å². The maximum atomic E-state index is 10.2. The molecule has 1 atom stereocenters. The highest BCUT2D eigenvalue weighted by Gasteiger charge is 2.23. The molecule has 3 heteroatoms. The summed E-state index contributed by atoms with van der Waals surface area (Å²) in [7, 11) is 0. The fraction of sp³-hybridized carbons (Fsp3) is 0.667. The van der Waals surface area contributed by atoms with Crippen molar-refractivity contribution in [3.63, 3.8) is 0 Å². The van der Waals surface area contributed by atoms with Crippen molar-refractivity contribution in [2.75, 3.05) is 0 Å². The van der Waals surface area contributed by atoms with Crippen molar-refractivity contribution in [3.05, 3.63) is 21.3 Å². The summed E-state index contributed by atoms with van der Waals surface area (Å²) in [6.07, 6.45) is 7.22. The molecule has 1 aromatic rings. The number of rotatable bonds is 2. The second-order valence-electron chi connectivity index (χ2n) is 4.36. The average molecular weight is 245 g/mol. The van der Waals surface area contributed by atoms with Gasteiger partial charge in [0.2, 0.25) is 0 Å². The van der Waals surface area contributed by atoms with E-state index in [0.29, 0.717) is 5.92 Å². The number of hydrogen-bond donors (Lipinski definition) is 1. The largest absolute Gasteiger partial charge is 0.387 e. The van der Waals surface area contributed by atoms with Crippen molar-refractivity contribution >= 4 is 22.9 Å². The van der Waals surface area contributed by atoms with Gasteiger partial charge in [0, 0.05) is 10.3 Å². The molecule has 0 bridgehead atoms. The van der Waals surface area contributed by atoms with E-state index in [1.165, 1.54) is 25.7 Å². The molecule has 1 fully saturated rings. The molecular formula is C12H17ClOS. The lowest BCUT2D eigenvalue weighted by Crippen LogP contribution is -2.10. The van der Waals surface area contributed by atoms with Crippen LogP contribution in [-0.2, 0) is 0 Å². The Hall–Kier alpha value is -0.0500. The Bertz CT molecular complexity index is 302. The standard InChI is InChI=1S/C12H17ClOS/c13-10-7-11(15-8-10)12(14)9-5-3-1-2-4-6-9/h7-9,12,14H,1-6H2. The van der Waals surface area contributed by atoms with E-state index >= 15 is 0 Å². The van der Waals surface area contributed by atoms with Crippen LogP contribution in [0.4, 0.5) is 0 Å². The predicted molar refractivity (Wildman–Crippen MR) is 65.5 cm³/mol. The Labute approximate surface area is 100 Å². The van der Waals surface area contributed by atoms with Crippen LogP contribution >= 0.6 is 22.9 Å². The predicted octanol–water partition coefficient (Wildman–Crippen LogP) is 4.41. The number of thiophene rings is 1. The highest BCUT2D eigenvalue weighted by Crippen LogP contribution is 2.36. The lowest BCUT2D eigenvalue weighted by Gasteiger charge is -2.19. The van der Waals surface area contributed by atoms with E-state index < -0.39 is 0 Å². The van der Waals surface area contributed by atoms with Crippen molar-refractivity contribution in [2.24, 2.45) is 5.92 Å². The molecule has 1 aromatic heterocycles. The summed E-state index contributed by atoms with van der Waals surface area (Å²) in [5, 5.41) is 12.9. The summed E-state index contributed by atoms with van der Waals surface area (Å²) >= 11 is 7.45. The Morgan fingerprint density at radius 3 is 2.47 bits per heavy atom. The molecule has 0 spiro atoms. The number of halogens is 1. The summed E-state index contributed by atoms with van der Waals surface area (Å²) in [5.41, 5.74) is 0. The second kappa shape index (κ2) is 5.33. The van der Waals surface area contributed by atoms with Gasteiger partial charge in [-0.3, -0.25) is 0 Å². The molecule has 2 rings (SSSR count). The molecule has 1 aliphatic carbocycles. The molecule has 84 valence electrons. The highest BCUT2D eigenvalue weighted by molar-refractivity contribution is 7.10. The molecule has 1 aliphatic rings. The van der Waals surface area contributed by atoms with Crippen LogP contribution in [0.1, 0.15) is 49.5 Å². The SMILES string of the molecule is OC(c1cc(Cl)cs1)C1CCCCCC1. The zero-order chi connectivity index (χ0) is 10.7. The van der Waals surface area contributed by atoms with Crippen molar-refractivity contribution in [2.45, 2.75) is 44.6 Å². The van der Waals surface area contributed by atoms with Crippen molar-refractivity contribution in [1.82, 2.24) is 0 Å². The summed E-state index contributed by atoms with van der Waals surface area (Å²) in [4.78, 5) is 1.03.